The molecule has 35 heavy (non-hydrogen) atoms. The minimum atomic E-state index is -0.293. The summed E-state index contributed by atoms with van der Waals surface area (Å²) in [4.78, 5) is 12.4. The van der Waals surface area contributed by atoms with Crippen molar-refractivity contribution >= 4 is 49.2 Å². The monoisotopic (exact) mass is 466 g/mol. The first kappa shape index (κ1) is 19.4. The van der Waals surface area contributed by atoms with E-state index in [1.807, 2.05) is 0 Å². The Balaban J connectivity index is 1.67. The van der Waals surface area contributed by atoms with Crippen molar-refractivity contribution in [3.63, 3.8) is 0 Å². The molecule has 164 valence electrons. The SMILES string of the molecule is O=C(Cl)CC1c2ccccc2-c2c1c1c3c(ccc4ccc5cccc-1c5c43)c2-c1ccccc1. The van der Waals surface area contributed by atoms with E-state index in [-0.39, 0.29) is 11.2 Å². The molecule has 2 heteroatoms. The zero-order chi connectivity index (χ0) is 23.3. The molecule has 0 amide bonds. The largest absolute Gasteiger partial charge is 0.281 e. The van der Waals surface area contributed by atoms with Crippen LogP contribution in [0.25, 0.3) is 65.7 Å². The van der Waals surface area contributed by atoms with Crippen LogP contribution in [-0.4, -0.2) is 5.24 Å². The van der Waals surface area contributed by atoms with Crippen LogP contribution in [0.3, 0.4) is 0 Å². The molecule has 0 saturated heterocycles. The molecule has 2 aliphatic rings. The molecule has 0 aliphatic heterocycles. The number of benzene rings is 6. The molecule has 0 spiro atoms. The Hall–Kier alpha value is -3.94. The Morgan fingerprint density at radius 2 is 1.34 bits per heavy atom. The minimum absolute atomic E-state index is 0.0621. The first-order valence-electron chi connectivity index (χ1n) is 12.0. The summed E-state index contributed by atoms with van der Waals surface area (Å²) in [7, 11) is 0. The smallest absolute Gasteiger partial charge is 0.222 e. The van der Waals surface area contributed by atoms with Crippen molar-refractivity contribution in [1.29, 1.82) is 0 Å². The first-order valence-corrected chi connectivity index (χ1v) is 12.4. The van der Waals surface area contributed by atoms with E-state index >= 15 is 0 Å². The van der Waals surface area contributed by atoms with Crippen molar-refractivity contribution in [3.8, 4) is 33.4 Å². The first-order chi connectivity index (χ1) is 17.2. The summed E-state index contributed by atoms with van der Waals surface area (Å²) in [6, 6.07) is 34.9. The van der Waals surface area contributed by atoms with Gasteiger partial charge in [-0.3, -0.25) is 4.79 Å². The van der Waals surface area contributed by atoms with Crippen molar-refractivity contribution in [2.75, 3.05) is 0 Å². The zero-order valence-electron chi connectivity index (χ0n) is 18.8. The van der Waals surface area contributed by atoms with Crippen molar-refractivity contribution in [3.05, 3.63) is 108 Å². The number of carbonyl (C=O) groups excluding carboxylic acids is 1. The highest BCUT2D eigenvalue weighted by molar-refractivity contribution is 6.63. The molecule has 0 bridgehead atoms. The van der Waals surface area contributed by atoms with E-state index in [0.717, 1.165) is 0 Å². The highest BCUT2D eigenvalue weighted by Crippen LogP contribution is 2.60. The number of rotatable bonds is 3. The fourth-order valence-electron chi connectivity index (χ4n) is 6.77. The summed E-state index contributed by atoms with van der Waals surface area (Å²) in [5.74, 6) is -0.0621. The average molecular weight is 467 g/mol. The Bertz CT molecular complexity index is 1900. The lowest BCUT2D eigenvalue weighted by Crippen LogP contribution is -2.03. The Kier molecular flexibility index (Phi) is 3.77. The van der Waals surface area contributed by atoms with Gasteiger partial charge in [0.05, 0.1) is 0 Å². The molecule has 0 heterocycles. The second kappa shape index (κ2) is 6.81. The van der Waals surface area contributed by atoms with Crippen LogP contribution in [0, 0.1) is 0 Å². The van der Waals surface area contributed by atoms with Gasteiger partial charge >= 0.3 is 0 Å². The number of halogens is 1. The molecule has 6 aromatic rings. The number of hydrogen-bond acceptors (Lipinski definition) is 1. The lowest BCUT2D eigenvalue weighted by molar-refractivity contribution is -0.111. The molecular weight excluding hydrogens is 448 g/mol. The number of carbonyl (C=O) groups is 1. The van der Waals surface area contributed by atoms with Crippen LogP contribution in [0.2, 0.25) is 0 Å². The fraction of sp³-hybridized carbons (Fsp3) is 0.0606. The van der Waals surface area contributed by atoms with Crippen LogP contribution in [0.5, 0.6) is 0 Å². The molecule has 1 unspecified atom stereocenters. The van der Waals surface area contributed by atoms with Crippen molar-refractivity contribution < 1.29 is 4.79 Å². The molecule has 1 atom stereocenters. The van der Waals surface area contributed by atoms with E-state index < -0.39 is 0 Å². The van der Waals surface area contributed by atoms with Gasteiger partial charge in [0.2, 0.25) is 5.24 Å². The van der Waals surface area contributed by atoms with Gasteiger partial charge in [-0.15, -0.1) is 0 Å². The highest BCUT2D eigenvalue weighted by atomic mass is 35.5. The fourth-order valence-corrected chi connectivity index (χ4v) is 6.92. The van der Waals surface area contributed by atoms with Crippen LogP contribution in [0.15, 0.2) is 97.1 Å². The van der Waals surface area contributed by atoms with Crippen LogP contribution in [-0.2, 0) is 4.79 Å². The second-order valence-corrected chi connectivity index (χ2v) is 10.1. The Morgan fingerprint density at radius 1 is 0.629 bits per heavy atom. The third kappa shape index (κ3) is 2.41. The van der Waals surface area contributed by atoms with Gasteiger partial charge in [-0.05, 0) is 88.4 Å². The van der Waals surface area contributed by atoms with E-state index in [1.165, 1.54) is 76.8 Å². The van der Waals surface area contributed by atoms with Crippen molar-refractivity contribution in [2.45, 2.75) is 12.3 Å². The van der Waals surface area contributed by atoms with E-state index in [0.29, 0.717) is 6.42 Å². The van der Waals surface area contributed by atoms with Crippen LogP contribution in [0.1, 0.15) is 23.5 Å². The number of fused-ring (bicyclic) bond motifs is 5. The predicted molar refractivity (Wildman–Crippen MR) is 146 cm³/mol. The molecule has 8 rings (SSSR count). The summed E-state index contributed by atoms with van der Waals surface area (Å²) in [5, 5.41) is 7.46. The molecule has 0 saturated carbocycles. The van der Waals surface area contributed by atoms with Gasteiger partial charge in [0.15, 0.2) is 0 Å². The van der Waals surface area contributed by atoms with E-state index in [9.17, 15) is 4.79 Å². The zero-order valence-corrected chi connectivity index (χ0v) is 19.6. The molecule has 0 aromatic heterocycles. The highest BCUT2D eigenvalue weighted by Gasteiger charge is 2.38. The van der Waals surface area contributed by atoms with Gasteiger partial charge in [-0.25, -0.2) is 0 Å². The van der Waals surface area contributed by atoms with Crippen LogP contribution >= 0.6 is 11.6 Å². The van der Waals surface area contributed by atoms with Crippen molar-refractivity contribution in [2.24, 2.45) is 0 Å². The third-order valence-electron chi connectivity index (χ3n) is 7.99. The maximum Gasteiger partial charge on any atom is 0.222 e. The quantitative estimate of drug-likeness (QED) is 0.187. The lowest BCUT2D eigenvalue weighted by atomic mass is 9.82. The topological polar surface area (TPSA) is 17.1 Å². The van der Waals surface area contributed by atoms with E-state index in [4.69, 9.17) is 11.6 Å². The van der Waals surface area contributed by atoms with Crippen molar-refractivity contribution in [1.82, 2.24) is 0 Å². The average Bonchev–Trinajstić information content (AvgIpc) is 3.40. The van der Waals surface area contributed by atoms with Gasteiger partial charge in [0.25, 0.3) is 0 Å². The maximum atomic E-state index is 12.4. The standard InChI is InChI=1S/C33H19ClO/c34-26(35)17-25-21-10-4-5-11-22(21)30-28(18-7-2-1-3-8-18)24-16-15-20-14-13-19-9-6-12-23-27(19)29(20)31(24)32(23)33(25)30/h1-16,25H,17H2. The second-order valence-electron chi connectivity index (χ2n) is 9.66. The molecule has 0 fully saturated rings. The molecule has 0 radical (unpaired) electrons. The van der Waals surface area contributed by atoms with Gasteiger partial charge in [0.1, 0.15) is 0 Å². The summed E-state index contributed by atoms with van der Waals surface area (Å²) < 4.78 is 0. The summed E-state index contributed by atoms with van der Waals surface area (Å²) in [6.45, 7) is 0. The van der Waals surface area contributed by atoms with Gasteiger partial charge in [-0.2, -0.15) is 0 Å². The van der Waals surface area contributed by atoms with E-state index in [1.54, 1.807) is 0 Å². The van der Waals surface area contributed by atoms with Gasteiger partial charge in [-0.1, -0.05) is 97.1 Å². The summed E-state index contributed by atoms with van der Waals surface area (Å²) in [6.07, 6.45) is 0.292. The summed E-state index contributed by atoms with van der Waals surface area (Å²) >= 11 is 6.09. The Morgan fingerprint density at radius 3 is 2.17 bits per heavy atom. The predicted octanol–water partition coefficient (Wildman–Crippen LogP) is 9.06. The summed E-state index contributed by atoms with van der Waals surface area (Å²) in [5.41, 5.74) is 9.92. The van der Waals surface area contributed by atoms with Gasteiger partial charge < -0.3 is 0 Å². The Labute approximate surface area is 207 Å². The van der Waals surface area contributed by atoms with E-state index in [2.05, 4.69) is 97.1 Å². The molecule has 6 aromatic carbocycles. The van der Waals surface area contributed by atoms with Crippen LogP contribution < -0.4 is 0 Å². The lowest BCUT2D eigenvalue weighted by Gasteiger charge is -2.20. The molecule has 2 aliphatic carbocycles. The van der Waals surface area contributed by atoms with Gasteiger partial charge in [0, 0.05) is 12.3 Å². The van der Waals surface area contributed by atoms with Crippen LogP contribution in [0.4, 0.5) is 0 Å². The maximum absolute atomic E-state index is 12.4. The molecule has 1 nitrogen and oxygen atoms in total. The molecular formula is C33H19ClO. The third-order valence-corrected chi connectivity index (χ3v) is 8.14. The minimum Gasteiger partial charge on any atom is -0.281 e. The molecule has 0 N–H and O–H groups in total. The number of hydrogen-bond donors (Lipinski definition) is 0. The normalized spacial score (nSPS) is 14.9.